The van der Waals surface area contributed by atoms with E-state index in [1.807, 2.05) is 24.3 Å². The maximum Gasteiger partial charge on any atom is 0.174 e. The molecule has 0 spiro atoms. The van der Waals surface area contributed by atoms with Gasteiger partial charge >= 0.3 is 0 Å². The molecule has 5 N–H and O–H groups in total. The number of aryl methyl sites for hydroxylation is 1. The summed E-state index contributed by atoms with van der Waals surface area (Å²) < 4.78 is 11.9. The lowest BCUT2D eigenvalue weighted by atomic mass is 9.85. The van der Waals surface area contributed by atoms with Gasteiger partial charge in [-0.2, -0.15) is 0 Å². The summed E-state index contributed by atoms with van der Waals surface area (Å²) in [5, 5.41) is 51.2. The van der Waals surface area contributed by atoms with Crippen molar-refractivity contribution in [1.82, 2.24) is 0 Å². The Kier molecular flexibility index (Phi) is 8.87. The Morgan fingerprint density at radius 3 is 2.14 bits per heavy atom. The molecule has 8 nitrogen and oxygen atoms in total. The third-order valence-corrected chi connectivity index (χ3v) is 7.66. The first-order valence-corrected chi connectivity index (χ1v) is 14.1. The molecule has 8 heteroatoms. The summed E-state index contributed by atoms with van der Waals surface area (Å²) in [6, 6.07) is 21.2. The number of hydrogen-bond acceptors (Lipinski definition) is 8. The highest BCUT2D eigenvalue weighted by molar-refractivity contribution is 6.03. The van der Waals surface area contributed by atoms with Crippen LogP contribution in [-0.4, -0.2) is 44.5 Å². The van der Waals surface area contributed by atoms with Crippen molar-refractivity contribution in [2.45, 2.75) is 43.8 Å². The zero-order chi connectivity index (χ0) is 30.5. The van der Waals surface area contributed by atoms with Gasteiger partial charge in [0.05, 0.1) is 19.6 Å². The van der Waals surface area contributed by atoms with Gasteiger partial charge in [-0.3, -0.25) is 4.79 Å². The number of aromatic hydroxyl groups is 4. The smallest absolute Gasteiger partial charge is 0.174 e. The molecule has 1 aliphatic rings. The summed E-state index contributed by atoms with van der Waals surface area (Å²) in [7, 11) is 1.42. The fourth-order valence-corrected chi connectivity index (χ4v) is 5.36. The lowest BCUT2D eigenvalue weighted by molar-refractivity contribution is 0.0841. The van der Waals surface area contributed by atoms with Crippen molar-refractivity contribution in [3.63, 3.8) is 0 Å². The van der Waals surface area contributed by atoms with Crippen LogP contribution in [0.15, 0.2) is 91.0 Å². The number of aliphatic hydroxyl groups is 1. The van der Waals surface area contributed by atoms with Crippen LogP contribution in [0.1, 0.15) is 63.9 Å². The van der Waals surface area contributed by atoms with Gasteiger partial charge in [-0.15, -0.1) is 0 Å². The average Bonchev–Trinajstić information content (AvgIpc) is 3.00. The van der Waals surface area contributed by atoms with E-state index < -0.39 is 18.1 Å². The minimum atomic E-state index is -0.656. The normalized spacial score (nSPS) is 16.0. The van der Waals surface area contributed by atoms with Crippen LogP contribution in [0.4, 0.5) is 0 Å². The molecular weight excluding hydrogens is 548 g/mol. The first-order chi connectivity index (χ1) is 20.7. The molecule has 4 aromatic rings. The lowest BCUT2D eigenvalue weighted by Crippen LogP contribution is -2.23. The predicted octanol–water partition coefficient (Wildman–Crippen LogP) is 6.30. The topological polar surface area (TPSA) is 137 Å². The van der Waals surface area contributed by atoms with Crippen LogP contribution in [0.3, 0.4) is 0 Å². The molecule has 0 bridgehead atoms. The van der Waals surface area contributed by atoms with E-state index in [0.29, 0.717) is 30.4 Å². The molecule has 3 atom stereocenters. The second kappa shape index (κ2) is 12.9. The van der Waals surface area contributed by atoms with Crippen molar-refractivity contribution in [2.24, 2.45) is 0 Å². The van der Waals surface area contributed by atoms with Crippen molar-refractivity contribution in [2.75, 3.05) is 7.11 Å². The Bertz CT molecular complexity index is 1590. The van der Waals surface area contributed by atoms with E-state index in [9.17, 15) is 30.3 Å². The van der Waals surface area contributed by atoms with E-state index >= 15 is 0 Å². The predicted molar refractivity (Wildman–Crippen MR) is 161 cm³/mol. The number of allylic oxidation sites excluding steroid dienone is 1. The highest BCUT2D eigenvalue weighted by atomic mass is 16.5. The van der Waals surface area contributed by atoms with E-state index in [2.05, 4.69) is 0 Å². The Morgan fingerprint density at radius 2 is 1.51 bits per heavy atom. The molecule has 0 amide bonds. The monoisotopic (exact) mass is 582 g/mol. The maximum absolute atomic E-state index is 13.5. The Morgan fingerprint density at radius 1 is 0.907 bits per heavy atom. The Balaban J connectivity index is 1.49. The van der Waals surface area contributed by atoms with Gasteiger partial charge in [0, 0.05) is 17.5 Å². The van der Waals surface area contributed by atoms with Crippen LogP contribution < -0.4 is 9.47 Å². The summed E-state index contributed by atoms with van der Waals surface area (Å²) in [5.41, 5.74) is 3.00. The third-order valence-electron chi connectivity index (χ3n) is 7.66. The molecule has 1 heterocycles. The van der Waals surface area contributed by atoms with E-state index in [1.165, 1.54) is 25.3 Å². The number of phenols is 4. The first kappa shape index (κ1) is 29.5. The number of phenolic OH excluding ortho intramolecular Hbond substituents is 4. The number of carbonyl (C=O) groups excluding carboxylic acids is 1. The van der Waals surface area contributed by atoms with Crippen molar-refractivity contribution in [3.05, 3.63) is 119 Å². The summed E-state index contributed by atoms with van der Waals surface area (Å²) in [6.07, 6.45) is 3.91. The molecule has 4 aromatic carbocycles. The van der Waals surface area contributed by atoms with E-state index in [-0.39, 0.29) is 52.3 Å². The van der Waals surface area contributed by atoms with Crippen LogP contribution in [0.5, 0.6) is 34.5 Å². The van der Waals surface area contributed by atoms with Gasteiger partial charge in [0.25, 0.3) is 0 Å². The van der Waals surface area contributed by atoms with Crippen LogP contribution in [0.2, 0.25) is 0 Å². The molecule has 222 valence electrons. The minimum absolute atomic E-state index is 0.0469. The molecule has 0 saturated carbocycles. The molecule has 0 unspecified atom stereocenters. The molecule has 43 heavy (non-hydrogen) atoms. The fraction of sp³-hybridized carbons (Fsp3) is 0.229. The van der Waals surface area contributed by atoms with Crippen LogP contribution >= 0.6 is 0 Å². The lowest BCUT2D eigenvalue weighted by Gasteiger charge is -2.31. The molecule has 5 rings (SSSR count). The number of fused-ring (bicyclic) bond motifs is 1. The van der Waals surface area contributed by atoms with Crippen LogP contribution in [-0.2, 0) is 6.42 Å². The van der Waals surface area contributed by atoms with Gasteiger partial charge in [-0.1, -0.05) is 48.6 Å². The molecule has 0 aliphatic carbocycles. The Hall–Kier alpha value is -4.95. The number of ketones is 1. The summed E-state index contributed by atoms with van der Waals surface area (Å²) in [5.74, 6) is -0.191. The zero-order valence-electron chi connectivity index (χ0n) is 23.7. The second-order valence-electron chi connectivity index (χ2n) is 10.6. The summed E-state index contributed by atoms with van der Waals surface area (Å²) in [4.78, 5) is 13.5. The van der Waals surface area contributed by atoms with Gasteiger partial charge < -0.3 is 35.0 Å². The first-order valence-electron chi connectivity index (χ1n) is 14.1. The SMILES string of the molecule is COc1cc(O)c([C@@H](C=CC[C@@H](O)CCc2ccc(O)cc2)c2ccc(O)cc2)c2c1C(=O)C[C@@H](c1ccc(O)cc1)O2. The van der Waals surface area contributed by atoms with Crippen molar-refractivity contribution >= 4 is 5.78 Å². The third kappa shape index (κ3) is 6.76. The van der Waals surface area contributed by atoms with Gasteiger partial charge in [-0.25, -0.2) is 0 Å². The highest BCUT2D eigenvalue weighted by Gasteiger charge is 2.36. The van der Waals surface area contributed by atoms with Gasteiger partial charge in [0.15, 0.2) is 5.78 Å². The standard InChI is InChI=1S/C35H34O8/c1-42-32-20-29(40)33(35-34(32)30(41)19-31(43-35)23-10-17-27(39)18-11-23)28(22-8-15-26(38)16-9-22)4-2-3-24(36)12-5-21-6-13-25(37)14-7-21/h2,4,6-11,13-18,20,24,28,31,36-40H,3,5,12,19H2,1H3/t24-,28+,31+/m1/s1. The number of carbonyl (C=O) groups is 1. The summed E-state index contributed by atoms with van der Waals surface area (Å²) >= 11 is 0. The van der Waals surface area contributed by atoms with Crippen molar-refractivity contribution in [3.8, 4) is 34.5 Å². The fourth-order valence-electron chi connectivity index (χ4n) is 5.36. The van der Waals surface area contributed by atoms with Crippen molar-refractivity contribution in [1.29, 1.82) is 0 Å². The highest BCUT2D eigenvalue weighted by Crippen LogP contribution is 2.50. The number of methoxy groups -OCH3 is 1. The van der Waals surface area contributed by atoms with E-state index in [4.69, 9.17) is 9.47 Å². The largest absolute Gasteiger partial charge is 0.508 e. The molecule has 0 radical (unpaired) electrons. The molecule has 1 aliphatic heterocycles. The van der Waals surface area contributed by atoms with E-state index in [1.54, 1.807) is 48.5 Å². The van der Waals surface area contributed by atoms with Crippen LogP contribution in [0, 0.1) is 0 Å². The zero-order valence-corrected chi connectivity index (χ0v) is 23.7. The molecule has 0 aromatic heterocycles. The number of ether oxygens (including phenoxy) is 2. The number of aliphatic hydroxyl groups excluding tert-OH is 1. The van der Waals surface area contributed by atoms with Crippen molar-refractivity contribution < 1.29 is 39.8 Å². The molecule has 0 fully saturated rings. The Labute approximate surface area is 249 Å². The number of Topliss-reactive ketones (excluding diaryl/α,β-unsaturated/α-hetero) is 1. The van der Waals surface area contributed by atoms with Gasteiger partial charge in [-0.05, 0) is 72.4 Å². The maximum atomic E-state index is 13.5. The second-order valence-corrected chi connectivity index (χ2v) is 10.6. The minimum Gasteiger partial charge on any atom is -0.508 e. The number of rotatable bonds is 10. The average molecular weight is 583 g/mol. The molecular formula is C35H34O8. The van der Waals surface area contributed by atoms with Crippen LogP contribution in [0.25, 0.3) is 0 Å². The quantitative estimate of drug-likeness (QED) is 0.138. The number of benzene rings is 4. The molecule has 0 saturated heterocycles. The summed E-state index contributed by atoms with van der Waals surface area (Å²) in [6.45, 7) is 0. The van der Waals surface area contributed by atoms with Gasteiger partial charge in [0.1, 0.15) is 46.2 Å². The van der Waals surface area contributed by atoms with E-state index in [0.717, 1.165) is 11.1 Å². The number of hydrogen-bond donors (Lipinski definition) is 5. The van der Waals surface area contributed by atoms with Gasteiger partial charge in [0.2, 0.25) is 0 Å².